The molecule has 0 saturated carbocycles. The molecule has 1 saturated heterocycles. The third-order valence-electron chi connectivity index (χ3n) is 3.42. The van der Waals surface area contributed by atoms with Gasteiger partial charge in [0.05, 0.1) is 0 Å². The number of sulfonamides is 1. The molecule has 1 aliphatic rings. The van der Waals surface area contributed by atoms with Crippen LogP contribution in [0.15, 0.2) is 9.42 Å². The Bertz CT molecular complexity index is 513. The number of nitrogens with zero attached hydrogens (tertiary/aromatic N) is 2. The van der Waals surface area contributed by atoms with Gasteiger partial charge in [-0.1, -0.05) is 12.1 Å². The minimum atomic E-state index is -3.53. The summed E-state index contributed by atoms with van der Waals surface area (Å²) in [7, 11) is -3.53. The normalized spacial score (nSPS) is 20.3. The lowest BCUT2D eigenvalue weighted by Gasteiger charge is -2.27. The van der Waals surface area contributed by atoms with Gasteiger partial charge in [-0.3, -0.25) is 0 Å². The minimum Gasteiger partial charge on any atom is -0.360 e. The lowest BCUT2D eigenvalue weighted by atomic mass is 10.2. The van der Waals surface area contributed by atoms with Crippen molar-refractivity contribution in [3.63, 3.8) is 0 Å². The maximum Gasteiger partial charge on any atom is 0.248 e. The first kappa shape index (κ1) is 14.5. The van der Waals surface area contributed by atoms with Gasteiger partial charge in [-0.15, -0.1) is 0 Å². The lowest BCUT2D eigenvalue weighted by molar-refractivity contribution is 0.333. The molecule has 0 bridgehead atoms. The van der Waals surface area contributed by atoms with E-state index in [4.69, 9.17) is 4.52 Å². The number of nitrogens with one attached hydrogen (secondary N) is 1. The molecule has 1 fully saturated rings. The van der Waals surface area contributed by atoms with Crippen molar-refractivity contribution < 1.29 is 12.9 Å². The standard InChI is InChI=1S/C12H21N3O3S/c1-4-7-15(11-5-6-13-8-11)19(16,17)12-9(2)14-18-10(12)3/h11,13H,4-8H2,1-3H3. The lowest BCUT2D eigenvalue weighted by Crippen LogP contribution is -2.42. The van der Waals surface area contributed by atoms with Crippen LogP contribution in [0.25, 0.3) is 0 Å². The first-order chi connectivity index (χ1) is 8.98. The molecule has 0 spiro atoms. The van der Waals surface area contributed by atoms with Gasteiger partial charge in [-0.05, 0) is 33.2 Å². The largest absolute Gasteiger partial charge is 0.360 e. The number of rotatable bonds is 5. The van der Waals surface area contributed by atoms with E-state index in [1.807, 2.05) is 6.92 Å². The van der Waals surface area contributed by atoms with Crippen molar-refractivity contribution in [1.29, 1.82) is 0 Å². The Morgan fingerprint density at radius 2 is 2.21 bits per heavy atom. The fourth-order valence-electron chi connectivity index (χ4n) is 2.56. The molecule has 1 aliphatic heterocycles. The summed E-state index contributed by atoms with van der Waals surface area (Å²) < 4.78 is 32.2. The number of hydrogen-bond acceptors (Lipinski definition) is 5. The fourth-order valence-corrected chi connectivity index (χ4v) is 4.61. The van der Waals surface area contributed by atoms with Crippen LogP contribution in [0.2, 0.25) is 0 Å². The minimum absolute atomic E-state index is 0.0265. The van der Waals surface area contributed by atoms with E-state index in [0.29, 0.717) is 24.5 Å². The summed E-state index contributed by atoms with van der Waals surface area (Å²) in [6, 6.07) is 0.0265. The first-order valence-corrected chi connectivity index (χ1v) is 8.08. The summed E-state index contributed by atoms with van der Waals surface area (Å²) in [6.45, 7) is 7.39. The van der Waals surface area contributed by atoms with Crippen molar-refractivity contribution >= 4 is 10.0 Å². The Hall–Kier alpha value is -0.920. The van der Waals surface area contributed by atoms with Gasteiger partial charge in [0.1, 0.15) is 10.6 Å². The molecule has 1 aromatic heterocycles. The van der Waals surface area contributed by atoms with Crippen LogP contribution in [0.4, 0.5) is 0 Å². The highest BCUT2D eigenvalue weighted by Gasteiger charge is 2.36. The fraction of sp³-hybridized carbons (Fsp3) is 0.750. The zero-order valence-corrected chi connectivity index (χ0v) is 12.5. The number of aryl methyl sites for hydroxylation is 2. The second-order valence-corrected chi connectivity index (χ2v) is 6.74. The van der Waals surface area contributed by atoms with Crippen molar-refractivity contribution in [3.05, 3.63) is 11.5 Å². The van der Waals surface area contributed by atoms with E-state index in [1.54, 1.807) is 18.2 Å². The van der Waals surface area contributed by atoms with Gasteiger partial charge in [0, 0.05) is 19.1 Å². The summed E-state index contributed by atoms with van der Waals surface area (Å²) in [6.07, 6.45) is 1.64. The van der Waals surface area contributed by atoms with E-state index < -0.39 is 10.0 Å². The highest BCUT2D eigenvalue weighted by Crippen LogP contribution is 2.26. The molecule has 0 aliphatic carbocycles. The molecule has 1 aromatic rings. The molecule has 2 rings (SSSR count). The Kier molecular flexibility index (Phi) is 4.27. The highest BCUT2D eigenvalue weighted by molar-refractivity contribution is 7.89. The van der Waals surface area contributed by atoms with E-state index in [9.17, 15) is 8.42 Å². The van der Waals surface area contributed by atoms with Crippen molar-refractivity contribution in [2.45, 2.75) is 44.6 Å². The Morgan fingerprint density at radius 3 is 2.68 bits per heavy atom. The van der Waals surface area contributed by atoms with Crippen LogP contribution in [0.1, 0.15) is 31.2 Å². The first-order valence-electron chi connectivity index (χ1n) is 6.64. The van der Waals surface area contributed by atoms with E-state index in [1.165, 1.54) is 0 Å². The molecule has 7 heteroatoms. The topological polar surface area (TPSA) is 75.4 Å². The molecule has 1 atom stereocenters. The molecule has 108 valence electrons. The van der Waals surface area contributed by atoms with E-state index >= 15 is 0 Å². The molecule has 1 N–H and O–H groups in total. The summed E-state index contributed by atoms with van der Waals surface area (Å²) in [5, 5.41) is 6.97. The van der Waals surface area contributed by atoms with Gasteiger partial charge in [0.2, 0.25) is 10.0 Å². The average Bonchev–Trinajstić information content (AvgIpc) is 2.96. The quantitative estimate of drug-likeness (QED) is 0.876. The third-order valence-corrected chi connectivity index (χ3v) is 5.62. The number of aromatic nitrogens is 1. The van der Waals surface area contributed by atoms with Crippen LogP contribution >= 0.6 is 0 Å². The van der Waals surface area contributed by atoms with Gasteiger partial charge in [-0.2, -0.15) is 4.31 Å². The van der Waals surface area contributed by atoms with Crippen LogP contribution < -0.4 is 5.32 Å². The second-order valence-electron chi connectivity index (χ2n) is 4.92. The van der Waals surface area contributed by atoms with Crippen LogP contribution in [0.5, 0.6) is 0 Å². The summed E-state index contributed by atoms with van der Waals surface area (Å²) in [5.74, 6) is 0.365. The molecule has 19 heavy (non-hydrogen) atoms. The van der Waals surface area contributed by atoms with Crippen molar-refractivity contribution in [2.75, 3.05) is 19.6 Å². The average molecular weight is 287 g/mol. The predicted octanol–water partition coefficient (Wildman–Crippen LogP) is 1.05. The van der Waals surface area contributed by atoms with E-state index in [2.05, 4.69) is 10.5 Å². The van der Waals surface area contributed by atoms with Crippen molar-refractivity contribution in [2.24, 2.45) is 0 Å². The molecule has 6 nitrogen and oxygen atoms in total. The molecule has 0 radical (unpaired) electrons. The van der Waals surface area contributed by atoms with Gasteiger partial charge in [0.15, 0.2) is 5.76 Å². The Balaban J connectivity index is 2.39. The van der Waals surface area contributed by atoms with Crippen molar-refractivity contribution in [1.82, 2.24) is 14.8 Å². The number of hydrogen-bond donors (Lipinski definition) is 1. The summed E-state index contributed by atoms with van der Waals surface area (Å²) in [5.41, 5.74) is 0.435. The maximum atomic E-state index is 12.8. The maximum absolute atomic E-state index is 12.8. The Labute approximate surface area is 114 Å². The molecular weight excluding hydrogens is 266 g/mol. The van der Waals surface area contributed by atoms with Crippen LogP contribution in [0.3, 0.4) is 0 Å². The van der Waals surface area contributed by atoms with E-state index in [-0.39, 0.29) is 10.9 Å². The van der Waals surface area contributed by atoms with Crippen LogP contribution in [0, 0.1) is 13.8 Å². The van der Waals surface area contributed by atoms with Gasteiger partial charge < -0.3 is 9.84 Å². The van der Waals surface area contributed by atoms with Gasteiger partial charge in [-0.25, -0.2) is 8.42 Å². The molecule has 2 heterocycles. The van der Waals surface area contributed by atoms with Crippen LogP contribution in [-0.2, 0) is 10.0 Å². The highest BCUT2D eigenvalue weighted by atomic mass is 32.2. The smallest absolute Gasteiger partial charge is 0.248 e. The predicted molar refractivity (Wildman–Crippen MR) is 71.4 cm³/mol. The monoisotopic (exact) mass is 287 g/mol. The molecular formula is C12H21N3O3S. The molecule has 0 aromatic carbocycles. The SMILES string of the molecule is CCCN(C1CCNC1)S(=O)(=O)c1c(C)noc1C. The molecule has 1 unspecified atom stereocenters. The van der Waals surface area contributed by atoms with Gasteiger partial charge in [0.25, 0.3) is 0 Å². The molecule has 0 amide bonds. The second kappa shape index (κ2) is 5.60. The van der Waals surface area contributed by atoms with Crippen LogP contribution in [-0.4, -0.2) is 43.6 Å². The van der Waals surface area contributed by atoms with Gasteiger partial charge >= 0.3 is 0 Å². The van der Waals surface area contributed by atoms with E-state index in [0.717, 1.165) is 19.4 Å². The van der Waals surface area contributed by atoms with Crippen molar-refractivity contribution in [3.8, 4) is 0 Å². The zero-order chi connectivity index (χ0) is 14.0. The Morgan fingerprint density at radius 1 is 1.47 bits per heavy atom. The summed E-state index contributed by atoms with van der Waals surface area (Å²) in [4.78, 5) is 0.229. The third kappa shape index (κ3) is 2.68. The summed E-state index contributed by atoms with van der Waals surface area (Å²) >= 11 is 0. The zero-order valence-electron chi connectivity index (χ0n) is 11.6.